The summed E-state index contributed by atoms with van der Waals surface area (Å²) in [6.45, 7) is 11.9. The molecule has 0 atom stereocenters. The number of allylic oxidation sites excluding steroid dienone is 4. The lowest BCUT2D eigenvalue weighted by molar-refractivity contribution is -0.430. The molecule has 0 spiro atoms. The second-order valence-corrected chi connectivity index (χ2v) is 7.41. The Balaban J connectivity index is 2.42. The van der Waals surface area contributed by atoms with Gasteiger partial charge in [-0.05, 0) is 32.4 Å². The highest BCUT2D eigenvalue weighted by atomic mass is 16.6. The second-order valence-electron chi connectivity index (χ2n) is 7.41. The third-order valence-corrected chi connectivity index (χ3v) is 3.20. The molecule has 1 heterocycles. The van der Waals surface area contributed by atoms with E-state index < -0.39 is 5.60 Å². The Hall–Kier alpha value is -1.91. The summed E-state index contributed by atoms with van der Waals surface area (Å²) < 4.78 is 5.75. The molecule has 0 aromatic carbocycles. The van der Waals surface area contributed by atoms with E-state index in [4.69, 9.17) is 4.74 Å². The van der Waals surface area contributed by atoms with Crippen LogP contribution in [0.15, 0.2) is 39.9 Å². The van der Waals surface area contributed by atoms with Crippen molar-refractivity contribution in [2.75, 3.05) is 0 Å². The van der Waals surface area contributed by atoms with Gasteiger partial charge in [-0.1, -0.05) is 20.8 Å². The highest BCUT2D eigenvalue weighted by Crippen LogP contribution is 2.37. The fourth-order valence-electron chi connectivity index (χ4n) is 2.17. The molecule has 1 aliphatic carbocycles. The molecule has 114 valence electrons. The molecule has 2 rings (SSSR count). The normalized spacial score (nSPS) is 18.9. The van der Waals surface area contributed by atoms with Gasteiger partial charge in [-0.25, -0.2) is 0 Å². The van der Waals surface area contributed by atoms with Crippen LogP contribution in [0, 0.1) is 15.5 Å². The van der Waals surface area contributed by atoms with Crippen molar-refractivity contribution in [1.82, 2.24) is 0 Å². The Labute approximate surface area is 125 Å². The van der Waals surface area contributed by atoms with Crippen molar-refractivity contribution in [3.05, 3.63) is 45.0 Å². The summed E-state index contributed by atoms with van der Waals surface area (Å²) in [5.41, 5.74) is 2.17. The third kappa shape index (κ3) is 3.40. The molecule has 0 radical (unpaired) electrons. The summed E-state index contributed by atoms with van der Waals surface area (Å²) in [5.74, 6) is 0.318. The summed E-state index contributed by atoms with van der Waals surface area (Å²) in [7, 11) is 0. The molecule has 0 bridgehead atoms. The van der Waals surface area contributed by atoms with Gasteiger partial charge < -0.3 is 4.74 Å². The van der Waals surface area contributed by atoms with Gasteiger partial charge in [-0.3, -0.25) is 15.1 Å². The molecule has 1 aliphatic heterocycles. The van der Waals surface area contributed by atoms with Crippen LogP contribution >= 0.6 is 0 Å². The zero-order valence-electron chi connectivity index (χ0n) is 13.5. The molecule has 0 fully saturated rings. The average molecular weight is 290 g/mol. The molecule has 2 aliphatic rings. The fraction of sp³-hybridized carbons (Fsp3) is 0.562. The molecule has 5 heteroatoms. The van der Waals surface area contributed by atoms with Gasteiger partial charge >= 0.3 is 0 Å². The summed E-state index contributed by atoms with van der Waals surface area (Å²) >= 11 is 0. The van der Waals surface area contributed by atoms with Crippen LogP contribution in [0.3, 0.4) is 0 Å². The lowest BCUT2D eigenvalue weighted by Crippen LogP contribution is -2.21. The van der Waals surface area contributed by atoms with Gasteiger partial charge in [0, 0.05) is 17.2 Å². The maximum absolute atomic E-state index is 11.3. The Kier molecular flexibility index (Phi) is 3.56. The van der Waals surface area contributed by atoms with E-state index in [1.54, 1.807) is 6.08 Å². The molecule has 0 saturated carbocycles. The number of hydrogen-bond acceptors (Lipinski definition) is 4. The SMILES string of the molecule is CC(C)(C)OC1=C([N+](=O)[O-])CC2=CC(C(C)(C)C)=NC2=C1. The van der Waals surface area contributed by atoms with Crippen molar-refractivity contribution in [2.24, 2.45) is 10.4 Å². The minimum absolute atomic E-state index is 0.0784. The van der Waals surface area contributed by atoms with Crippen molar-refractivity contribution < 1.29 is 9.66 Å². The molecule has 0 aromatic heterocycles. The van der Waals surface area contributed by atoms with Gasteiger partial charge in [0.25, 0.3) is 5.70 Å². The van der Waals surface area contributed by atoms with Crippen molar-refractivity contribution in [2.45, 2.75) is 53.6 Å². The van der Waals surface area contributed by atoms with Gasteiger partial charge in [0.2, 0.25) is 0 Å². The Morgan fingerprint density at radius 3 is 2.29 bits per heavy atom. The number of hydrogen-bond donors (Lipinski definition) is 0. The average Bonchev–Trinajstić information content (AvgIpc) is 2.67. The first-order chi connectivity index (χ1) is 9.47. The molecule has 21 heavy (non-hydrogen) atoms. The van der Waals surface area contributed by atoms with E-state index in [1.165, 1.54) is 0 Å². The number of nitro groups is 1. The van der Waals surface area contributed by atoms with E-state index in [-0.39, 0.29) is 22.5 Å². The van der Waals surface area contributed by atoms with Crippen LogP contribution in [-0.2, 0) is 4.74 Å². The number of aliphatic imine (C=N–C) groups is 1. The maximum atomic E-state index is 11.3. The highest BCUT2D eigenvalue weighted by molar-refractivity contribution is 6.03. The summed E-state index contributed by atoms with van der Waals surface area (Å²) in [4.78, 5) is 15.5. The molecular weight excluding hydrogens is 268 g/mol. The van der Waals surface area contributed by atoms with Crippen LogP contribution in [0.5, 0.6) is 0 Å². The quantitative estimate of drug-likeness (QED) is 0.570. The minimum Gasteiger partial charge on any atom is -0.481 e. The van der Waals surface area contributed by atoms with Crippen molar-refractivity contribution in [3.63, 3.8) is 0 Å². The van der Waals surface area contributed by atoms with Crippen molar-refractivity contribution in [1.29, 1.82) is 0 Å². The first-order valence-corrected chi connectivity index (χ1v) is 7.06. The lowest BCUT2D eigenvalue weighted by Gasteiger charge is -2.23. The van der Waals surface area contributed by atoms with Crippen LogP contribution in [0.4, 0.5) is 0 Å². The summed E-state index contributed by atoms with van der Waals surface area (Å²) in [6, 6.07) is 0. The minimum atomic E-state index is -0.482. The molecule has 0 amide bonds. The lowest BCUT2D eigenvalue weighted by atomic mass is 9.89. The van der Waals surface area contributed by atoms with Crippen LogP contribution in [-0.4, -0.2) is 16.2 Å². The maximum Gasteiger partial charge on any atom is 0.292 e. The summed E-state index contributed by atoms with van der Waals surface area (Å²) in [5, 5.41) is 11.3. The van der Waals surface area contributed by atoms with Crippen molar-refractivity contribution >= 4 is 5.71 Å². The van der Waals surface area contributed by atoms with Gasteiger partial charge in [0.1, 0.15) is 5.60 Å². The van der Waals surface area contributed by atoms with Crippen LogP contribution in [0.2, 0.25) is 0 Å². The van der Waals surface area contributed by atoms with E-state index in [1.807, 2.05) is 26.8 Å². The topological polar surface area (TPSA) is 64.7 Å². The predicted molar refractivity (Wildman–Crippen MR) is 82.5 cm³/mol. The smallest absolute Gasteiger partial charge is 0.292 e. The fourth-order valence-corrected chi connectivity index (χ4v) is 2.17. The van der Waals surface area contributed by atoms with Crippen LogP contribution in [0.25, 0.3) is 0 Å². The zero-order valence-corrected chi connectivity index (χ0v) is 13.5. The monoisotopic (exact) mass is 290 g/mol. The first kappa shape index (κ1) is 15.5. The van der Waals surface area contributed by atoms with Crippen molar-refractivity contribution in [3.8, 4) is 0 Å². The molecule has 0 aromatic rings. The molecule has 0 saturated heterocycles. The van der Waals surface area contributed by atoms with Gasteiger partial charge in [-0.2, -0.15) is 0 Å². The van der Waals surface area contributed by atoms with E-state index in [9.17, 15) is 10.1 Å². The number of nitrogens with zero attached hydrogens (tertiary/aromatic N) is 2. The molecule has 5 nitrogen and oxygen atoms in total. The Morgan fingerprint density at radius 1 is 1.19 bits per heavy atom. The van der Waals surface area contributed by atoms with Crippen LogP contribution in [0.1, 0.15) is 48.0 Å². The predicted octanol–water partition coefficient (Wildman–Crippen LogP) is 4.00. The van der Waals surface area contributed by atoms with E-state index in [0.29, 0.717) is 5.76 Å². The first-order valence-electron chi connectivity index (χ1n) is 7.06. The van der Waals surface area contributed by atoms with Gasteiger partial charge in [0.05, 0.1) is 17.0 Å². The largest absolute Gasteiger partial charge is 0.481 e. The zero-order chi connectivity index (χ0) is 16.0. The van der Waals surface area contributed by atoms with E-state index in [0.717, 1.165) is 17.0 Å². The van der Waals surface area contributed by atoms with Gasteiger partial charge in [-0.15, -0.1) is 0 Å². The van der Waals surface area contributed by atoms with E-state index in [2.05, 4.69) is 25.8 Å². The Bertz CT molecular complexity index is 608. The standard InChI is InChI=1S/C16H22N2O3/c1-15(2,3)14-8-10-7-12(18(19)20)13(9-11(10)17-14)21-16(4,5)6/h8-9H,7H2,1-6H3. The summed E-state index contributed by atoms with van der Waals surface area (Å²) in [6.07, 6.45) is 3.91. The van der Waals surface area contributed by atoms with E-state index >= 15 is 0 Å². The van der Waals surface area contributed by atoms with Gasteiger partial charge in [0.15, 0.2) is 5.76 Å². The number of ether oxygens (including phenoxy) is 1. The molecular formula is C16H22N2O3. The number of rotatable bonds is 2. The highest BCUT2D eigenvalue weighted by Gasteiger charge is 2.33. The second kappa shape index (κ2) is 4.83. The molecule has 0 unspecified atom stereocenters. The number of fused-ring (bicyclic) bond motifs is 1. The third-order valence-electron chi connectivity index (χ3n) is 3.20. The molecule has 0 N–H and O–H groups in total. The Morgan fingerprint density at radius 2 is 1.81 bits per heavy atom. The van der Waals surface area contributed by atoms with Crippen LogP contribution < -0.4 is 0 Å².